The molecule has 0 aliphatic rings. The predicted molar refractivity (Wildman–Crippen MR) is 92.9 cm³/mol. The van der Waals surface area contributed by atoms with Crippen molar-refractivity contribution in [2.24, 2.45) is 10.4 Å². The molecule has 0 radical (unpaired) electrons. The lowest BCUT2D eigenvalue weighted by Gasteiger charge is -2.05. The second kappa shape index (κ2) is 10.4. The largest absolute Gasteiger partial charge is 0.494 e. The molecule has 0 fully saturated rings. The molecule has 2 aromatic rings. The van der Waals surface area contributed by atoms with E-state index in [1.165, 1.54) is 0 Å². The molecular weight excluding hydrogens is 328 g/mol. The molecule has 5 nitrogen and oxygen atoms in total. The second-order valence-electron chi connectivity index (χ2n) is 5.02. The summed E-state index contributed by atoms with van der Waals surface area (Å²) in [5, 5.41) is 7.31. The van der Waals surface area contributed by atoms with E-state index in [9.17, 15) is 4.79 Å². The highest BCUT2D eigenvalue weighted by Crippen LogP contribution is 2.19. The highest BCUT2D eigenvalue weighted by molar-refractivity contribution is 6.17. The van der Waals surface area contributed by atoms with Crippen LogP contribution in [-0.2, 0) is 4.84 Å². The maximum Gasteiger partial charge on any atom is 0.367 e. The van der Waals surface area contributed by atoms with Crippen molar-refractivity contribution in [2.75, 3.05) is 12.5 Å². The molecule has 2 rings (SSSR count). The molecule has 6 heteroatoms. The second-order valence-corrected chi connectivity index (χ2v) is 5.40. The van der Waals surface area contributed by atoms with Gasteiger partial charge in [-0.05, 0) is 55.7 Å². The van der Waals surface area contributed by atoms with Gasteiger partial charge in [0, 0.05) is 11.2 Å². The molecule has 126 valence electrons. The minimum absolute atomic E-state index is 0.425. The summed E-state index contributed by atoms with van der Waals surface area (Å²) in [5.41, 5.74) is 1.000. The van der Waals surface area contributed by atoms with Crippen molar-refractivity contribution in [2.45, 2.75) is 19.3 Å². The lowest BCUT2D eigenvalue weighted by Crippen LogP contribution is -1.99. The highest BCUT2D eigenvalue weighted by Gasteiger charge is 2.05. The number of carbonyl (C=O) groups excluding carboxylic acids is 1. The molecule has 0 spiro atoms. The van der Waals surface area contributed by atoms with Crippen molar-refractivity contribution in [1.82, 2.24) is 0 Å². The SMILES string of the molecule is O=C(ON=Nc1ccc(OCCCCCCl)cc1)c1ccccc1. The third kappa shape index (κ3) is 6.38. The molecule has 0 aliphatic carbocycles. The molecule has 0 bridgehead atoms. The smallest absolute Gasteiger partial charge is 0.367 e. The van der Waals surface area contributed by atoms with Gasteiger partial charge < -0.3 is 4.74 Å². The van der Waals surface area contributed by atoms with Crippen LogP contribution in [0.15, 0.2) is 65.0 Å². The molecule has 0 unspecified atom stereocenters. The Morgan fingerprint density at radius 3 is 2.42 bits per heavy atom. The first-order valence-corrected chi connectivity index (χ1v) is 8.29. The van der Waals surface area contributed by atoms with E-state index >= 15 is 0 Å². The number of hydrogen-bond donors (Lipinski definition) is 0. The van der Waals surface area contributed by atoms with Crippen LogP contribution in [0.25, 0.3) is 0 Å². The van der Waals surface area contributed by atoms with E-state index in [2.05, 4.69) is 10.4 Å². The number of unbranched alkanes of at least 4 members (excludes halogenated alkanes) is 2. The van der Waals surface area contributed by atoms with Crippen molar-refractivity contribution >= 4 is 23.3 Å². The Bertz CT molecular complexity index is 645. The van der Waals surface area contributed by atoms with Gasteiger partial charge in [-0.2, -0.15) is 0 Å². The molecule has 0 atom stereocenters. The molecule has 0 aliphatic heterocycles. The summed E-state index contributed by atoms with van der Waals surface area (Å²) >= 11 is 5.62. The summed E-state index contributed by atoms with van der Waals surface area (Å²) in [6.07, 6.45) is 3.04. The number of benzene rings is 2. The zero-order valence-corrected chi connectivity index (χ0v) is 14.0. The van der Waals surface area contributed by atoms with Crippen molar-refractivity contribution in [1.29, 1.82) is 0 Å². The number of ether oxygens (including phenoxy) is 1. The number of halogens is 1. The van der Waals surface area contributed by atoms with Gasteiger partial charge in [-0.1, -0.05) is 18.2 Å². The normalized spacial score (nSPS) is 10.7. The first-order chi connectivity index (χ1) is 11.8. The maximum atomic E-state index is 11.7. The summed E-state index contributed by atoms with van der Waals surface area (Å²) in [7, 11) is 0. The minimum Gasteiger partial charge on any atom is -0.494 e. The van der Waals surface area contributed by atoms with Crippen molar-refractivity contribution in [3.05, 3.63) is 60.2 Å². The number of carbonyl (C=O) groups is 1. The molecule has 0 heterocycles. The average Bonchev–Trinajstić information content (AvgIpc) is 2.63. The van der Waals surface area contributed by atoms with Gasteiger partial charge in [0.25, 0.3) is 0 Å². The van der Waals surface area contributed by atoms with Crippen molar-refractivity contribution in [3.63, 3.8) is 0 Å². The molecule has 2 aromatic carbocycles. The van der Waals surface area contributed by atoms with Crippen molar-refractivity contribution < 1.29 is 14.4 Å². The Morgan fingerprint density at radius 2 is 1.71 bits per heavy atom. The summed E-state index contributed by atoms with van der Waals surface area (Å²) in [6, 6.07) is 15.7. The number of alkyl halides is 1. The van der Waals surface area contributed by atoms with Crippen LogP contribution in [0.2, 0.25) is 0 Å². The van der Waals surface area contributed by atoms with E-state index in [-0.39, 0.29) is 0 Å². The Kier molecular flexibility index (Phi) is 7.77. The Labute approximate surface area is 146 Å². The van der Waals surface area contributed by atoms with Crippen LogP contribution in [-0.4, -0.2) is 18.5 Å². The van der Waals surface area contributed by atoms with Crippen LogP contribution in [0.5, 0.6) is 5.75 Å². The van der Waals surface area contributed by atoms with Crippen LogP contribution in [0, 0.1) is 0 Å². The number of rotatable bonds is 9. The van der Waals surface area contributed by atoms with E-state index in [1.54, 1.807) is 48.5 Å². The van der Waals surface area contributed by atoms with E-state index < -0.39 is 5.97 Å². The van der Waals surface area contributed by atoms with Gasteiger partial charge in [0.15, 0.2) is 0 Å². The van der Waals surface area contributed by atoms with Crippen LogP contribution in [0.3, 0.4) is 0 Å². The topological polar surface area (TPSA) is 60.2 Å². The quantitative estimate of drug-likeness (QED) is 0.267. The first kappa shape index (κ1) is 17.9. The van der Waals surface area contributed by atoms with E-state index in [0.29, 0.717) is 23.7 Å². The van der Waals surface area contributed by atoms with Gasteiger partial charge in [0.2, 0.25) is 0 Å². The fraction of sp³-hybridized carbons (Fsp3) is 0.278. The molecular formula is C18H19ClN2O3. The van der Waals surface area contributed by atoms with E-state index in [1.807, 2.05) is 6.07 Å². The molecule has 0 saturated carbocycles. The fourth-order valence-electron chi connectivity index (χ4n) is 1.90. The average molecular weight is 347 g/mol. The molecule has 0 aromatic heterocycles. The third-order valence-electron chi connectivity index (χ3n) is 3.17. The molecule has 0 N–H and O–H groups in total. The maximum absolute atomic E-state index is 11.7. The Balaban J connectivity index is 1.76. The van der Waals surface area contributed by atoms with Crippen LogP contribution in [0.1, 0.15) is 29.6 Å². The summed E-state index contributed by atoms with van der Waals surface area (Å²) in [4.78, 5) is 16.4. The van der Waals surface area contributed by atoms with Crippen LogP contribution >= 0.6 is 11.6 Å². The Hall–Kier alpha value is -2.40. The van der Waals surface area contributed by atoms with E-state index in [0.717, 1.165) is 25.0 Å². The van der Waals surface area contributed by atoms with Crippen LogP contribution in [0.4, 0.5) is 5.69 Å². The predicted octanol–water partition coefficient (Wildman–Crippen LogP) is 5.33. The molecule has 0 amide bonds. The van der Waals surface area contributed by atoms with E-state index in [4.69, 9.17) is 21.2 Å². The molecule has 24 heavy (non-hydrogen) atoms. The van der Waals surface area contributed by atoms with Gasteiger partial charge in [-0.15, -0.1) is 16.7 Å². The van der Waals surface area contributed by atoms with Gasteiger partial charge in [0.05, 0.1) is 17.9 Å². The summed E-state index contributed by atoms with van der Waals surface area (Å²) in [6.45, 7) is 0.659. The van der Waals surface area contributed by atoms with Gasteiger partial charge in [0.1, 0.15) is 5.75 Å². The summed E-state index contributed by atoms with van der Waals surface area (Å²) in [5.74, 6) is 0.909. The fourth-order valence-corrected chi connectivity index (χ4v) is 2.09. The molecule has 0 saturated heterocycles. The zero-order valence-electron chi connectivity index (χ0n) is 13.2. The lowest BCUT2D eigenvalue weighted by molar-refractivity contribution is 0.0483. The zero-order chi connectivity index (χ0) is 17.0. The highest BCUT2D eigenvalue weighted by atomic mass is 35.5. The standard InChI is InChI=1S/C18H19ClN2O3/c19-13-5-2-6-14-23-17-11-9-16(10-12-17)20-21-24-18(22)15-7-3-1-4-8-15/h1,3-4,7-12H,2,5-6,13-14H2. The van der Waals surface area contributed by atoms with Gasteiger partial charge >= 0.3 is 5.97 Å². The number of nitrogens with zero attached hydrogens (tertiary/aromatic N) is 2. The minimum atomic E-state index is -0.545. The third-order valence-corrected chi connectivity index (χ3v) is 3.44. The van der Waals surface area contributed by atoms with Gasteiger partial charge in [-0.3, -0.25) is 4.84 Å². The summed E-state index contributed by atoms with van der Waals surface area (Å²) < 4.78 is 5.61. The first-order valence-electron chi connectivity index (χ1n) is 7.76. The number of hydrogen-bond acceptors (Lipinski definition) is 5. The van der Waals surface area contributed by atoms with Gasteiger partial charge in [-0.25, -0.2) is 4.79 Å². The van der Waals surface area contributed by atoms with Crippen molar-refractivity contribution in [3.8, 4) is 5.75 Å². The Morgan fingerprint density at radius 1 is 0.958 bits per heavy atom. The lowest BCUT2D eigenvalue weighted by atomic mass is 10.2. The monoisotopic (exact) mass is 346 g/mol. The van der Waals surface area contributed by atoms with Crippen LogP contribution < -0.4 is 4.74 Å².